The molecule has 0 aromatic heterocycles. The maximum absolute atomic E-state index is 6.83. The minimum atomic E-state index is 0. The van der Waals surface area contributed by atoms with Gasteiger partial charge in [-0.2, -0.15) is 0 Å². The Labute approximate surface area is 234 Å². The van der Waals surface area contributed by atoms with Crippen molar-refractivity contribution in [3.8, 4) is 0 Å². The second-order valence-electron chi connectivity index (χ2n) is 7.49. The van der Waals surface area contributed by atoms with Crippen LogP contribution in [0, 0.1) is 0 Å². The predicted molar refractivity (Wildman–Crippen MR) is 139 cm³/mol. The van der Waals surface area contributed by atoms with Crippen LogP contribution >= 0.6 is 0 Å². The van der Waals surface area contributed by atoms with E-state index in [1.54, 1.807) is 0 Å². The van der Waals surface area contributed by atoms with Crippen LogP contribution in [0.15, 0.2) is 115 Å². The van der Waals surface area contributed by atoms with Gasteiger partial charge in [-0.05, 0) is 0 Å². The summed E-state index contributed by atoms with van der Waals surface area (Å²) in [5.74, 6) is 0. The molecule has 0 aliphatic carbocycles. The van der Waals surface area contributed by atoms with Gasteiger partial charge in [0.1, 0.15) is 9.52 Å². The Bertz CT molecular complexity index is 1090. The van der Waals surface area contributed by atoms with Crippen molar-refractivity contribution in [2.45, 2.75) is 26.3 Å². The summed E-state index contributed by atoms with van der Waals surface area (Å²) in [7, 11) is 0.777. The van der Waals surface area contributed by atoms with Crippen LogP contribution in [0.3, 0.4) is 0 Å². The van der Waals surface area contributed by atoms with E-state index in [0.717, 1.165) is 15.9 Å². The number of fused-ring (bicyclic) bond motifs is 3. The van der Waals surface area contributed by atoms with Crippen LogP contribution in [0.1, 0.15) is 20.3 Å². The standard InChI is InChI=1S/C13H9.C12H10Si.C4H10N.2ClH.Ti/c1-3-7-12-10(5-1)9-11-6-2-4-8-13(11)12;1-3-7-11(8-4-1)13-12-9-5-2-6-10-12;1-3-4(2)5;;;/h1-9H;1-10H;4-5H,3H2,1-2H3;2*1H;/q-1;;-1;;;+4/p-2. The van der Waals surface area contributed by atoms with Gasteiger partial charge in [0.05, 0.1) is 0 Å². The van der Waals surface area contributed by atoms with Crippen molar-refractivity contribution in [2.75, 3.05) is 0 Å². The molecule has 2 radical (unpaired) electrons. The molecule has 5 rings (SSSR count). The largest absolute Gasteiger partial charge is 4.00 e. The molecule has 1 N–H and O–H groups in total. The second kappa shape index (κ2) is 17.6. The van der Waals surface area contributed by atoms with Gasteiger partial charge in [0, 0.05) is 0 Å². The molecule has 34 heavy (non-hydrogen) atoms. The summed E-state index contributed by atoms with van der Waals surface area (Å²) >= 11 is 0. The predicted octanol–water partition coefficient (Wildman–Crippen LogP) is 0.896. The van der Waals surface area contributed by atoms with Gasteiger partial charge in [-0.25, -0.2) is 0 Å². The van der Waals surface area contributed by atoms with E-state index in [4.69, 9.17) is 5.73 Å². The van der Waals surface area contributed by atoms with Crippen LogP contribution in [0.25, 0.3) is 27.3 Å². The summed E-state index contributed by atoms with van der Waals surface area (Å²) in [5, 5.41) is 8.19. The van der Waals surface area contributed by atoms with Crippen molar-refractivity contribution >= 4 is 41.4 Å². The summed E-state index contributed by atoms with van der Waals surface area (Å²) in [6.45, 7) is 3.90. The van der Waals surface area contributed by atoms with Crippen molar-refractivity contribution in [3.05, 3.63) is 121 Å². The Morgan fingerprint density at radius 2 is 0.971 bits per heavy atom. The van der Waals surface area contributed by atoms with Gasteiger partial charge in [-0.3, -0.25) is 0 Å². The van der Waals surface area contributed by atoms with Gasteiger partial charge in [-0.1, -0.05) is 128 Å². The van der Waals surface area contributed by atoms with E-state index in [1.807, 2.05) is 13.8 Å². The van der Waals surface area contributed by atoms with Gasteiger partial charge >= 0.3 is 21.7 Å². The quantitative estimate of drug-likeness (QED) is 0.241. The fourth-order valence-corrected chi connectivity index (χ4v) is 4.17. The van der Waals surface area contributed by atoms with Crippen LogP contribution in [0.5, 0.6) is 0 Å². The van der Waals surface area contributed by atoms with E-state index >= 15 is 0 Å². The maximum Gasteiger partial charge on any atom is 4.00 e. The van der Waals surface area contributed by atoms with Gasteiger partial charge in [0.2, 0.25) is 0 Å². The fourth-order valence-electron chi connectivity index (χ4n) is 3.11. The summed E-state index contributed by atoms with van der Waals surface area (Å²) in [6, 6.07) is 40.6. The second-order valence-corrected chi connectivity index (χ2v) is 8.89. The summed E-state index contributed by atoms with van der Waals surface area (Å²) in [6.07, 6.45) is 0.972. The summed E-state index contributed by atoms with van der Waals surface area (Å²) in [4.78, 5) is 0. The van der Waals surface area contributed by atoms with Crippen molar-refractivity contribution < 1.29 is 46.5 Å². The van der Waals surface area contributed by atoms with Crippen LogP contribution in [-0.4, -0.2) is 15.6 Å². The van der Waals surface area contributed by atoms with E-state index in [1.165, 1.54) is 31.9 Å². The molecular formula is C29H29Cl2NSiTi. The summed E-state index contributed by atoms with van der Waals surface area (Å²) < 4.78 is 0. The van der Waals surface area contributed by atoms with Crippen LogP contribution in [-0.2, 0) is 21.7 Å². The molecule has 0 aliphatic heterocycles. The normalized spacial score (nSPS) is 10.2. The first-order valence-electron chi connectivity index (χ1n) is 10.8. The third kappa shape index (κ3) is 10.2. The summed E-state index contributed by atoms with van der Waals surface area (Å²) in [5.41, 5.74) is 6.83. The Hall–Kier alpha value is -1.78. The van der Waals surface area contributed by atoms with Gasteiger partial charge < -0.3 is 30.5 Å². The zero-order valence-corrected chi connectivity index (χ0v) is 23.6. The van der Waals surface area contributed by atoms with Crippen molar-refractivity contribution in [2.24, 2.45) is 0 Å². The zero-order chi connectivity index (χ0) is 21.9. The molecule has 0 amide bonds. The number of halogens is 2. The van der Waals surface area contributed by atoms with E-state index in [0.29, 0.717) is 0 Å². The fraction of sp³-hybridized carbons (Fsp3) is 0.138. The topological polar surface area (TPSA) is 23.8 Å². The molecule has 0 aliphatic rings. The number of hydrogen-bond donors (Lipinski definition) is 0. The Kier molecular flexibility index (Phi) is 16.7. The van der Waals surface area contributed by atoms with E-state index in [9.17, 15) is 0 Å². The van der Waals surface area contributed by atoms with Crippen molar-refractivity contribution in [1.29, 1.82) is 0 Å². The minimum Gasteiger partial charge on any atom is -1.00 e. The molecule has 0 saturated carbocycles. The third-order valence-electron chi connectivity index (χ3n) is 4.97. The first kappa shape index (κ1) is 32.2. The molecule has 0 saturated heterocycles. The van der Waals surface area contributed by atoms with Gasteiger partial charge in [0.25, 0.3) is 0 Å². The maximum atomic E-state index is 6.83. The van der Waals surface area contributed by atoms with Crippen molar-refractivity contribution in [1.82, 2.24) is 0 Å². The zero-order valence-electron chi connectivity index (χ0n) is 19.5. The monoisotopic (exact) mass is 537 g/mol. The Morgan fingerprint density at radius 3 is 1.32 bits per heavy atom. The molecule has 0 fully saturated rings. The van der Waals surface area contributed by atoms with E-state index in [2.05, 4.69) is 115 Å². The first-order valence-corrected chi connectivity index (χ1v) is 11.8. The molecule has 0 spiro atoms. The first-order chi connectivity index (χ1) is 15.2. The molecule has 1 atom stereocenters. The molecule has 0 bridgehead atoms. The third-order valence-corrected chi connectivity index (χ3v) is 6.22. The molecule has 5 aromatic rings. The van der Waals surface area contributed by atoms with Crippen molar-refractivity contribution in [3.63, 3.8) is 0 Å². The SMILES string of the molecule is CCC(C)[NH-].[Cl-].[Cl-].[Ti+4].c1ccc([Si]c2ccccc2)cc1.c1ccc2c(c1)[cH-]c1ccccc12. The number of benzene rings is 4. The van der Waals surface area contributed by atoms with Crippen LogP contribution in [0.4, 0.5) is 0 Å². The van der Waals surface area contributed by atoms with Gasteiger partial charge in [-0.15, -0.1) is 45.8 Å². The Balaban J connectivity index is 0.000000501. The molecule has 5 heteroatoms. The minimum absolute atomic E-state index is 0. The number of nitrogens with one attached hydrogen (secondary N) is 1. The average molecular weight is 538 g/mol. The molecule has 5 aromatic carbocycles. The van der Waals surface area contributed by atoms with E-state index < -0.39 is 0 Å². The molecule has 172 valence electrons. The molecular weight excluding hydrogens is 509 g/mol. The molecule has 0 heterocycles. The van der Waals surface area contributed by atoms with E-state index in [-0.39, 0.29) is 52.6 Å². The Morgan fingerprint density at radius 1 is 0.647 bits per heavy atom. The number of hydrogen-bond acceptors (Lipinski definition) is 0. The van der Waals surface area contributed by atoms with Gasteiger partial charge in [0.15, 0.2) is 0 Å². The smallest absolute Gasteiger partial charge is 1.00 e. The molecule has 1 unspecified atom stereocenters. The van der Waals surface area contributed by atoms with Crippen LogP contribution < -0.4 is 35.2 Å². The average Bonchev–Trinajstić information content (AvgIpc) is 3.20. The molecule has 1 nitrogen and oxygen atoms in total. The number of rotatable bonds is 3. The van der Waals surface area contributed by atoms with Crippen LogP contribution in [0.2, 0.25) is 0 Å².